The minimum Gasteiger partial charge on any atom is -0.504 e. The van der Waals surface area contributed by atoms with Gasteiger partial charge in [-0.3, -0.25) is 4.90 Å². The summed E-state index contributed by atoms with van der Waals surface area (Å²) in [6.45, 7) is 4.17. The summed E-state index contributed by atoms with van der Waals surface area (Å²) in [4.78, 5) is 5.42. The number of benzene rings is 1. The van der Waals surface area contributed by atoms with E-state index in [1.807, 2.05) is 23.5 Å². The Morgan fingerprint density at radius 1 is 1.22 bits per heavy atom. The number of thiophene rings is 1. The summed E-state index contributed by atoms with van der Waals surface area (Å²) in [6, 6.07) is 10.8. The molecule has 0 amide bonds. The van der Waals surface area contributed by atoms with Gasteiger partial charge in [-0.1, -0.05) is 18.9 Å². The first-order valence-corrected chi connectivity index (χ1v) is 9.15. The SMILES string of the molecule is COc1ccc(CN2CCCCC[C@H]2c2ccc(C)s2)cc1O. The predicted molar refractivity (Wildman–Crippen MR) is 95.3 cm³/mol. The van der Waals surface area contributed by atoms with Crippen LogP contribution in [0.4, 0.5) is 0 Å². The molecule has 1 aliphatic rings. The molecule has 1 fully saturated rings. The summed E-state index contributed by atoms with van der Waals surface area (Å²) < 4.78 is 5.14. The zero-order valence-electron chi connectivity index (χ0n) is 13.9. The second kappa shape index (κ2) is 7.37. The van der Waals surface area contributed by atoms with Crippen molar-refractivity contribution in [2.24, 2.45) is 0 Å². The molecule has 3 nitrogen and oxygen atoms in total. The highest BCUT2D eigenvalue weighted by Gasteiger charge is 2.24. The van der Waals surface area contributed by atoms with Crippen LogP contribution in [0.15, 0.2) is 30.3 Å². The zero-order chi connectivity index (χ0) is 16.2. The molecule has 0 aliphatic carbocycles. The molecule has 2 aromatic rings. The van der Waals surface area contributed by atoms with E-state index in [2.05, 4.69) is 30.0 Å². The number of likely N-dealkylation sites (tertiary alicyclic amines) is 1. The molecule has 1 aromatic heterocycles. The van der Waals surface area contributed by atoms with E-state index in [0.717, 1.165) is 18.7 Å². The fourth-order valence-electron chi connectivity index (χ4n) is 3.38. The van der Waals surface area contributed by atoms with Gasteiger partial charge in [0.25, 0.3) is 0 Å². The number of phenols is 1. The van der Waals surface area contributed by atoms with E-state index in [9.17, 15) is 5.11 Å². The van der Waals surface area contributed by atoms with Crippen LogP contribution in [0.5, 0.6) is 11.5 Å². The van der Waals surface area contributed by atoms with Gasteiger partial charge in [-0.25, -0.2) is 0 Å². The third-order valence-corrected chi connectivity index (χ3v) is 5.68. The maximum Gasteiger partial charge on any atom is 0.160 e. The van der Waals surface area contributed by atoms with Gasteiger partial charge in [-0.05, 0) is 56.1 Å². The fraction of sp³-hybridized carbons (Fsp3) is 0.474. The van der Waals surface area contributed by atoms with Crippen molar-refractivity contribution >= 4 is 11.3 Å². The van der Waals surface area contributed by atoms with Crippen molar-refractivity contribution in [3.8, 4) is 11.5 Å². The first kappa shape index (κ1) is 16.3. The highest BCUT2D eigenvalue weighted by Crippen LogP contribution is 2.36. The molecule has 124 valence electrons. The molecule has 1 N–H and O–H groups in total. The summed E-state index contributed by atoms with van der Waals surface area (Å²) in [5, 5.41) is 10.0. The Balaban J connectivity index is 1.81. The van der Waals surface area contributed by atoms with Gasteiger partial charge in [0, 0.05) is 22.3 Å². The van der Waals surface area contributed by atoms with Gasteiger partial charge >= 0.3 is 0 Å². The molecule has 0 bridgehead atoms. The van der Waals surface area contributed by atoms with Crippen LogP contribution in [-0.2, 0) is 6.54 Å². The zero-order valence-corrected chi connectivity index (χ0v) is 14.7. The lowest BCUT2D eigenvalue weighted by Crippen LogP contribution is -2.27. The second-order valence-corrected chi connectivity index (χ2v) is 7.61. The van der Waals surface area contributed by atoms with Crippen molar-refractivity contribution in [1.82, 2.24) is 4.90 Å². The molecule has 2 heterocycles. The Hall–Kier alpha value is -1.52. The summed E-state index contributed by atoms with van der Waals surface area (Å²) >= 11 is 1.92. The number of ether oxygens (including phenoxy) is 1. The number of methoxy groups -OCH3 is 1. The first-order valence-electron chi connectivity index (χ1n) is 8.33. The Labute approximate surface area is 142 Å². The smallest absolute Gasteiger partial charge is 0.160 e. The molecule has 23 heavy (non-hydrogen) atoms. The van der Waals surface area contributed by atoms with Crippen LogP contribution in [0.25, 0.3) is 0 Å². The molecular weight excluding hydrogens is 306 g/mol. The van der Waals surface area contributed by atoms with Crippen molar-refractivity contribution in [1.29, 1.82) is 0 Å². The largest absolute Gasteiger partial charge is 0.504 e. The molecule has 1 aliphatic heterocycles. The number of aromatic hydroxyl groups is 1. The van der Waals surface area contributed by atoms with Gasteiger partial charge in [0.05, 0.1) is 7.11 Å². The molecule has 3 rings (SSSR count). The van der Waals surface area contributed by atoms with Gasteiger partial charge in [-0.2, -0.15) is 0 Å². The topological polar surface area (TPSA) is 32.7 Å². The average Bonchev–Trinajstić information content (AvgIpc) is 2.83. The summed E-state index contributed by atoms with van der Waals surface area (Å²) in [6.07, 6.45) is 5.09. The highest BCUT2D eigenvalue weighted by molar-refractivity contribution is 7.12. The van der Waals surface area contributed by atoms with E-state index in [1.165, 1.54) is 35.4 Å². The van der Waals surface area contributed by atoms with Gasteiger partial charge < -0.3 is 9.84 Å². The summed E-state index contributed by atoms with van der Waals surface area (Å²) in [7, 11) is 1.58. The van der Waals surface area contributed by atoms with Crippen LogP contribution < -0.4 is 4.74 Å². The maximum atomic E-state index is 10.0. The Morgan fingerprint density at radius 2 is 2.09 bits per heavy atom. The number of hydrogen-bond acceptors (Lipinski definition) is 4. The van der Waals surface area contributed by atoms with Crippen LogP contribution in [0, 0.1) is 6.92 Å². The second-order valence-electron chi connectivity index (χ2n) is 6.29. The molecule has 0 spiro atoms. The summed E-state index contributed by atoms with van der Waals surface area (Å²) in [5.74, 6) is 0.762. The van der Waals surface area contributed by atoms with Crippen molar-refractivity contribution in [2.75, 3.05) is 13.7 Å². The van der Waals surface area contributed by atoms with E-state index < -0.39 is 0 Å². The average molecular weight is 331 g/mol. The monoisotopic (exact) mass is 331 g/mol. The van der Waals surface area contributed by atoms with Crippen molar-refractivity contribution in [2.45, 2.75) is 45.2 Å². The predicted octanol–water partition coefficient (Wildman–Crippen LogP) is 4.89. The number of nitrogens with zero attached hydrogens (tertiary/aromatic N) is 1. The lowest BCUT2D eigenvalue weighted by molar-refractivity contribution is 0.195. The third kappa shape index (κ3) is 3.88. The van der Waals surface area contributed by atoms with Gasteiger partial charge in [0.1, 0.15) is 0 Å². The van der Waals surface area contributed by atoms with Gasteiger partial charge in [0.15, 0.2) is 11.5 Å². The van der Waals surface area contributed by atoms with Crippen molar-refractivity contribution in [3.63, 3.8) is 0 Å². The molecular formula is C19H25NO2S. The number of rotatable bonds is 4. The van der Waals surface area contributed by atoms with Crippen molar-refractivity contribution in [3.05, 3.63) is 45.6 Å². The molecule has 0 saturated carbocycles. The lowest BCUT2D eigenvalue weighted by atomic mass is 10.1. The molecule has 1 aromatic carbocycles. The first-order chi connectivity index (χ1) is 11.2. The van der Waals surface area contributed by atoms with E-state index in [1.54, 1.807) is 7.11 Å². The number of aryl methyl sites for hydroxylation is 1. The highest BCUT2D eigenvalue weighted by atomic mass is 32.1. The Kier molecular flexibility index (Phi) is 5.23. The number of phenolic OH excluding ortho intramolecular Hbond substituents is 1. The van der Waals surface area contributed by atoms with E-state index in [-0.39, 0.29) is 5.75 Å². The minimum absolute atomic E-state index is 0.225. The molecule has 0 radical (unpaired) electrons. The van der Waals surface area contributed by atoms with Crippen molar-refractivity contribution < 1.29 is 9.84 Å². The van der Waals surface area contributed by atoms with Crippen LogP contribution in [0.2, 0.25) is 0 Å². The number of hydrogen-bond donors (Lipinski definition) is 1. The van der Waals surface area contributed by atoms with E-state index in [4.69, 9.17) is 4.74 Å². The Morgan fingerprint density at radius 3 is 2.78 bits per heavy atom. The Bertz CT molecular complexity index is 653. The third-order valence-electron chi connectivity index (χ3n) is 4.58. The molecule has 1 atom stereocenters. The maximum absolute atomic E-state index is 10.0. The van der Waals surface area contributed by atoms with Crippen LogP contribution >= 0.6 is 11.3 Å². The lowest BCUT2D eigenvalue weighted by Gasteiger charge is -2.29. The quantitative estimate of drug-likeness (QED) is 0.866. The normalized spacial score (nSPS) is 19.5. The van der Waals surface area contributed by atoms with Crippen LogP contribution in [0.3, 0.4) is 0 Å². The standard InChI is InChI=1S/C19H25NO2S/c1-14-7-10-19(23-14)16-6-4-3-5-11-20(16)13-15-8-9-18(22-2)17(21)12-15/h7-10,12,16,21H,3-6,11,13H2,1-2H3/t16-/m0/s1. The minimum atomic E-state index is 0.225. The summed E-state index contributed by atoms with van der Waals surface area (Å²) in [5.41, 5.74) is 1.14. The molecule has 0 unspecified atom stereocenters. The fourth-order valence-corrected chi connectivity index (χ4v) is 4.43. The van der Waals surface area contributed by atoms with Crippen LogP contribution in [-0.4, -0.2) is 23.7 Å². The molecule has 4 heteroatoms. The molecule has 1 saturated heterocycles. The van der Waals surface area contributed by atoms with Gasteiger partial charge in [0.2, 0.25) is 0 Å². The van der Waals surface area contributed by atoms with Crippen LogP contribution in [0.1, 0.15) is 47.0 Å². The van der Waals surface area contributed by atoms with E-state index in [0.29, 0.717) is 11.8 Å². The van der Waals surface area contributed by atoms with E-state index >= 15 is 0 Å². The van der Waals surface area contributed by atoms with Gasteiger partial charge in [-0.15, -0.1) is 11.3 Å².